The number of hydrogen-bond donors (Lipinski definition) is 2. The van der Waals surface area contributed by atoms with Crippen LogP contribution in [0.5, 0.6) is 0 Å². The number of rotatable bonds is 3. The van der Waals surface area contributed by atoms with Gasteiger partial charge in [0.2, 0.25) is 0 Å². The van der Waals surface area contributed by atoms with Gasteiger partial charge in [0.25, 0.3) is 5.91 Å². The first-order valence-electron chi connectivity index (χ1n) is 6.98. The molecule has 1 aliphatic rings. The summed E-state index contributed by atoms with van der Waals surface area (Å²) in [6.07, 6.45) is 2.20. The van der Waals surface area contributed by atoms with E-state index in [1.165, 1.54) is 0 Å². The second-order valence-corrected chi connectivity index (χ2v) is 5.56. The average molecular weight is 261 g/mol. The summed E-state index contributed by atoms with van der Waals surface area (Å²) in [5.41, 5.74) is 3.95. The number of carbonyl (C=O) groups is 1. The fourth-order valence-electron chi connectivity index (χ4n) is 2.74. The van der Waals surface area contributed by atoms with Gasteiger partial charge in [0.15, 0.2) is 0 Å². The van der Waals surface area contributed by atoms with Gasteiger partial charge in [-0.25, -0.2) is 0 Å². The summed E-state index contributed by atoms with van der Waals surface area (Å²) in [6, 6.07) is 7.39. The quantitative estimate of drug-likeness (QED) is 0.649. The van der Waals surface area contributed by atoms with Gasteiger partial charge in [0.05, 0.1) is 11.3 Å². The Bertz CT molecular complexity index is 437. The van der Waals surface area contributed by atoms with Crippen molar-refractivity contribution in [3.63, 3.8) is 0 Å². The number of likely N-dealkylation sites (tertiary alicyclic amines) is 1. The Balaban J connectivity index is 2.05. The first-order valence-corrected chi connectivity index (χ1v) is 6.98. The Morgan fingerprint density at radius 1 is 1.32 bits per heavy atom. The minimum absolute atomic E-state index is 0.0794. The predicted octanol–water partition coefficient (Wildman–Crippen LogP) is 2.48. The molecule has 1 aromatic rings. The molecule has 1 saturated heterocycles. The molecule has 3 N–H and O–H groups in total. The van der Waals surface area contributed by atoms with E-state index < -0.39 is 0 Å². The maximum Gasteiger partial charge on any atom is 0.256 e. The van der Waals surface area contributed by atoms with Crippen LogP contribution >= 0.6 is 0 Å². The number of amides is 1. The number of nitrogen functional groups attached to an aromatic ring is 1. The Morgan fingerprint density at radius 3 is 2.53 bits per heavy atom. The second kappa shape index (κ2) is 6.06. The molecule has 4 heteroatoms. The number of hydrogen-bond acceptors (Lipinski definition) is 3. The standard InChI is InChI=1S/C15H23N3O/c1-11(2)12-7-9-18(10-8-12)15(19)13-5-3-4-6-14(13)17-16/h3-6,11-12,17H,7-10,16H2,1-2H3. The van der Waals surface area contributed by atoms with Crippen LogP contribution in [-0.2, 0) is 0 Å². The van der Waals surface area contributed by atoms with Gasteiger partial charge in [0.1, 0.15) is 0 Å². The largest absolute Gasteiger partial charge is 0.339 e. The summed E-state index contributed by atoms with van der Waals surface area (Å²) >= 11 is 0. The molecule has 1 fully saturated rings. The van der Waals surface area contributed by atoms with Crippen LogP contribution in [0, 0.1) is 11.8 Å². The Hall–Kier alpha value is -1.55. The number of para-hydroxylation sites is 1. The van der Waals surface area contributed by atoms with E-state index >= 15 is 0 Å². The fraction of sp³-hybridized carbons (Fsp3) is 0.533. The lowest BCUT2D eigenvalue weighted by atomic mass is 9.86. The third-order valence-corrected chi connectivity index (χ3v) is 4.08. The molecule has 0 saturated carbocycles. The van der Waals surface area contributed by atoms with Crippen molar-refractivity contribution in [2.24, 2.45) is 17.7 Å². The van der Waals surface area contributed by atoms with Gasteiger partial charge in [-0.3, -0.25) is 10.6 Å². The van der Waals surface area contributed by atoms with Crippen LogP contribution in [-0.4, -0.2) is 23.9 Å². The summed E-state index contributed by atoms with van der Waals surface area (Å²) in [4.78, 5) is 14.4. The van der Waals surface area contributed by atoms with E-state index in [2.05, 4.69) is 19.3 Å². The van der Waals surface area contributed by atoms with E-state index in [4.69, 9.17) is 5.84 Å². The molecular formula is C15H23N3O. The molecule has 104 valence electrons. The molecule has 4 nitrogen and oxygen atoms in total. The first-order chi connectivity index (χ1) is 9.13. The van der Waals surface area contributed by atoms with Crippen molar-refractivity contribution >= 4 is 11.6 Å². The molecule has 0 radical (unpaired) electrons. The Labute approximate surface area is 114 Å². The number of piperidine rings is 1. The van der Waals surface area contributed by atoms with E-state index in [0.29, 0.717) is 17.2 Å². The van der Waals surface area contributed by atoms with Gasteiger partial charge in [-0.05, 0) is 36.8 Å². The molecule has 0 atom stereocenters. The zero-order chi connectivity index (χ0) is 13.8. The van der Waals surface area contributed by atoms with Gasteiger partial charge in [-0.2, -0.15) is 0 Å². The van der Waals surface area contributed by atoms with Gasteiger partial charge in [0, 0.05) is 13.1 Å². The topological polar surface area (TPSA) is 58.4 Å². The third-order valence-electron chi connectivity index (χ3n) is 4.08. The lowest BCUT2D eigenvalue weighted by Crippen LogP contribution is -2.39. The number of nitrogens with two attached hydrogens (primary N) is 1. The third kappa shape index (κ3) is 3.07. The van der Waals surface area contributed by atoms with E-state index in [1.807, 2.05) is 29.2 Å². The number of nitrogens with zero attached hydrogens (tertiary/aromatic N) is 1. The number of anilines is 1. The van der Waals surface area contributed by atoms with Gasteiger partial charge >= 0.3 is 0 Å². The lowest BCUT2D eigenvalue weighted by Gasteiger charge is -2.34. The number of nitrogens with one attached hydrogen (secondary N) is 1. The van der Waals surface area contributed by atoms with Crippen LogP contribution in [0.25, 0.3) is 0 Å². The molecule has 0 aromatic heterocycles. The maximum atomic E-state index is 12.5. The summed E-state index contributed by atoms with van der Waals surface area (Å²) < 4.78 is 0. The number of hydrazine groups is 1. The monoisotopic (exact) mass is 261 g/mol. The van der Waals surface area contributed by atoms with E-state index in [1.54, 1.807) is 0 Å². The number of benzene rings is 1. The van der Waals surface area contributed by atoms with Crippen molar-refractivity contribution in [2.75, 3.05) is 18.5 Å². The van der Waals surface area contributed by atoms with E-state index in [-0.39, 0.29) is 5.91 Å². The summed E-state index contributed by atoms with van der Waals surface area (Å²) in [7, 11) is 0. The molecule has 0 spiro atoms. The molecule has 0 unspecified atom stereocenters. The molecular weight excluding hydrogens is 238 g/mol. The van der Waals surface area contributed by atoms with Crippen LogP contribution in [0.2, 0.25) is 0 Å². The second-order valence-electron chi connectivity index (χ2n) is 5.56. The lowest BCUT2D eigenvalue weighted by molar-refractivity contribution is 0.0668. The van der Waals surface area contributed by atoms with E-state index in [9.17, 15) is 4.79 Å². The van der Waals surface area contributed by atoms with Gasteiger partial charge < -0.3 is 10.3 Å². The highest BCUT2D eigenvalue weighted by molar-refractivity contribution is 5.99. The maximum absolute atomic E-state index is 12.5. The summed E-state index contributed by atoms with van der Waals surface area (Å²) in [5.74, 6) is 6.98. The number of carbonyl (C=O) groups excluding carboxylic acids is 1. The normalized spacial score (nSPS) is 16.7. The molecule has 2 rings (SSSR count). The highest BCUT2D eigenvalue weighted by Crippen LogP contribution is 2.26. The minimum Gasteiger partial charge on any atom is -0.339 e. The molecule has 1 heterocycles. The van der Waals surface area contributed by atoms with Crippen molar-refractivity contribution in [3.05, 3.63) is 29.8 Å². The van der Waals surface area contributed by atoms with Crippen molar-refractivity contribution in [1.82, 2.24) is 4.90 Å². The smallest absolute Gasteiger partial charge is 0.256 e. The van der Waals surface area contributed by atoms with Crippen molar-refractivity contribution in [3.8, 4) is 0 Å². The summed E-state index contributed by atoms with van der Waals surface area (Å²) in [5, 5.41) is 0. The van der Waals surface area contributed by atoms with Crippen molar-refractivity contribution in [2.45, 2.75) is 26.7 Å². The minimum atomic E-state index is 0.0794. The van der Waals surface area contributed by atoms with Crippen LogP contribution in [0.4, 0.5) is 5.69 Å². The van der Waals surface area contributed by atoms with Crippen LogP contribution in [0.15, 0.2) is 24.3 Å². The Kier molecular flexibility index (Phi) is 4.43. The average Bonchev–Trinajstić information content (AvgIpc) is 2.46. The molecule has 0 bridgehead atoms. The van der Waals surface area contributed by atoms with Gasteiger partial charge in [-0.1, -0.05) is 26.0 Å². The predicted molar refractivity (Wildman–Crippen MR) is 77.7 cm³/mol. The fourth-order valence-corrected chi connectivity index (χ4v) is 2.74. The molecule has 19 heavy (non-hydrogen) atoms. The van der Waals surface area contributed by atoms with Crippen LogP contribution in [0.1, 0.15) is 37.0 Å². The highest BCUT2D eigenvalue weighted by atomic mass is 16.2. The molecule has 1 aromatic carbocycles. The first kappa shape index (κ1) is 13.9. The van der Waals surface area contributed by atoms with Gasteiger partial charge in [-0.15, -0.1) is 0 Å². The zero-order valence-electron chi connectivity index (χ0n) is 11.7. The zero-order valence-corrected chi connectivity index (χ0v) is 11.7. The summed E-state index contributed by atoms with van der Waals surface area (Å²) in [6.45, 7) is 6.22. The highest BCUT2D eigenvalue weighted by Gasteiger charge is 2.26. The molecule has 0 aliphatic carbocycles. The SMILES string of the molecule is CC(C)C1CCN(C(=O)c2ccccc2NN)CC1. The van der Waals surface area contributed by atoms with Crippen molar-refractivity contribution < 1.29 is 4.79 Å². The van der Waals surface area contributed by atoms with E-state index in [0.717, 1.165) is 31.8 Å². The molecule has 1 amide bonds. The van der Waals surface area contributed by atoms with Crippen molar-refractivity contribution in [1.29, 1.82) is 0 Å². The molecule has 1 aliphatic heterocycles. The van der Waals surface area contributed by atoms with Crippen LogP contribution in [0.3, 0.4) is 0 Å². The van der Waals surface area contributed by atoms with Crippen LogP contribution < -0.4 is 11.3 Å². The Morgan fingerprint density at radius 2 is 1.95 bits per heavy atom.